The molecule has 146 valence electrons. The number of hydrogen-bond donors (Lipinski definition) is 0. The fraction of sp³-hybridized carbons (Fsp3) is 0.727. The lowest BCUT2D eigenvalue weighted by molar-refractivity contribution is 0.214. The zero-order chi connectivity index (χ0) is 18.5. The molecule has 3 rings (SSSR count). The second kappa shape index (κ2) is 9.34. The van der Waals surface area contributed by atoms with Crippen LogP contribution in [0.1, 0.15) is 70.3 Å². The summed E-state index contributed by atoms with van der Waals surface area (Å²) in [5, 5.41) is 0. The molecule has 26 heavy (non-hydrogen) atoms. The van der Waals surface area contributed by atoms with E-state index in [1.54, 1.807) is 19.1 Å². The molecule has 0 radical (unpaired) electrons. The van der Waals surface area contributed by atoms with Crippen LogP contribution in [-0.2, 0) is 0 Å². The molecule has 1 aliphatic heterocycles. The van der Waals surface area contributed by atoms with Crippen LogP contribution in [0.2, 0.25) is 18.1 Å². The van der Waals surface area contributed by atoms with Gasteiger partial charge in [0.15, 0.2) is 11.6 Å². The van der Waals surface area contributed by atoms with Gasteiger partial charge < -0.3 is 4.74 Å². The molecule has 4 heteroatoms. The van der Waals surface area contributed by atoms with Crippen molar-refractivity contribution in [1.29, 1.82) is 0 Å². The summed E-state index contributed by atoms with van der Waals surface area (Å²) in [6.07, 6.45) is 8.63. The Morgan fingerprint density at radius 3 is 2.19 bits per heavy atom. The lowest BCUT2D eigenvalue weighted by Crippen LogP contribution is -2.28. The summed E-state index contributed by atoms with van der Waals surface area (Å²) in [6.45, 7) is 4.46. The van der Waals surface area contributed by atoms with Gasteiger partial charge in [-0.3, -0.25) is 0 Å². The van der Waals surface area contributed by atoms with E-state index >= 15 is 0 Å². The molecular weight excluding hydrogens is 346 g/mol. The third-order valence-corrected chi connectivity index (χ3v) is 10.5. The first-order chi connectivity index (χ1) is 12.6. The van der Waals surface area contributed by atoms with E-state index in [2.05, 4.69) is 6.92 Å². The molecule has 1 heterocycles. The molecule has 0 aromatic heterocycles. The van der Waals surface area contributed by atoms with Gasteiger partial charge in [-0.1, -0.05) is 50.4 Å². The van der Waals surface area contributed by atoms with Gasteiger partial charge in [0.05, 0.1) is 6.61 Å². The average Bonchev–Trinajstić information content (AvgIpc) is 2.67. The van der Waals surface area contributed by atoms with Crippen molar-refractivity contribution in [2.24, 2.45) is 11.8 Å². The van der Waals surface area contributed by atoms with Crippen LogP contribution in [0.3, 0.4) is 0 Å². The van der Waals surface area contributed by atoms with Crippen molar-refractivity contribution in [3.05, 3.63) is 29.3 Å². The number of ether oxygens (including phenoxy) is 1. The summed E-state index contributed by atoms with van der Waals surface area (Å²) < 4.78 is 33.8. The zero-order valence-electron chi connectivity index (χ0n) is 16.4. The van der Waals surface area contributed by atoms with Crippen molar-refractivity contribution in [1.82, 2.24) is 0 Å². The van der Waals surface area contributed by atoms with Crippen molar-refractivity contribution < 1.29 is 13.5 Å². The van der Waals surface area contributed by atoms with E-state index in [1.807, 2.05) is 0 Å². The smallest absolute Gasteiger partial charge is 0.200 e. The van der Waals surface area contributed by atoms with Crippen LogP contribution in [0.25, 0.3) is 0 Å². The Morgan fingerprint density at radius 2 is 1.58 bits per heavy atom. The van der Waals surface area contributed by atoms with Crippen molar-refractivity contribution >= 4 is 8.80 Å². The van der Waals surface area contributed by atoms with Gasteiger partial charge in [-0.25, -0.2) is 4.39 Å². The molecule has 2 fully saturated rings. The first kappa shape index (κ1) is 19.8. The second-order valence-electron chi connectivity index (χ2n) is 8.40. The Kier molecular flexibility index (Phi) is 7.13. The first-order valence-corrected chi connectivity index (χ1v) is 13.2. The minimum absolute atomic E-state index is 0.0374. The Labute approximate surface area is 159 Å². The lowest BCUT2D eigenvalue weighted by atomic mass is 9.72. The highest BCUT2D eigenvalue weighted by atomic mass is 28.3. The topological polar surface area (TPSA) is 9.23 Å². The second-order valence-corrected chi connectivity index (χ2v) is 11.9. The molecule has 1 aromatic rings. The van der Waals surface area contributed by atoms with Gasteiger partial charge >= 0.3 is 0 Å². The molecule has 2 aliphatic rings. The average molecular weight is 381 g/mol. The van der Waals surface area contributed by atoms with Crippen molar-refractivity contribution in [3.63, 3.8) is 0 Å². The monoisotopic (exact) mass is 380 g/mol. The predicted molar refractivity (Wildman–Crippen MR) is 107 cm³/mol. The molecule has 1 saturated heterocycles. The molecule has 0 spiro atoms. The molecule has 1 aliphatic carbocycles. The highest BCUT2D eigenvalue weighted by molar-refractivity contribution is 6.58. The lowest BCUT2D eigenvalue weighted by Gasteiger charge is -2.37. The Balaban J connectivity index is 1.55. The van der Waals surface area contributed by atoms with Crippen LogP contribution in [0.4, 0.5) is 8.78 Å². The molecule has 0 atom stereocenters. The summed E-state index contributed by atoms with van der Waals surface area (Å²) in [7, 11) is -0.407. The minimum atomic E-state index is -0.814. The molecule has 0 unspecified atom stereocenters. The molecule has 1 saturated carbocycles. The summed E-state index contributed by atoms with van der Waals surface area (Å²) in [5.74, 6) is 0.422. The number of benzene rings is 1. The Hall–Kier alpha value is -0.903. The summed E-state index contributed by atoms with van der Waals surface area (Å²) in [4.78, 5) is 0. The van der Waals surface area contributed by atoms with E-state index in [1.165, 1.54) is 50.2 Å². The molecule has 1 nitrogen and oxygen atoms in total. The standard InChI is InChI=1S/C22H34F2OSi/c1-3-13-26-14-11-17(12-15-26)16-5-7-18(8-6-16)19-9-10-20(25-4-2)22(24)21(19)23/h9-10,16-18,26H,3-8,11-15H2,1-2H3/t16-,17?,18-,26?. The molecule has 0 N–H and O–H groups in total. The van der Waals surface area contributed by atoms with E-state index in [0.29, 0.717) is 12.2 Å². The quantitative estimate of drug-likeness (QED) is 0.500. The Bertz CT molecular complexity index is 576. The van der Waals surface area contributed by atoms with Gasteiger partial charge in [0, 0.05) is 8.80 Å². The van der Waals surface area contributed by atoms with Crippen LogP contribution in [0.15, 0.2) is 12.1 Å². The predicted octanol–water partition coefficient (Wildman–Crippen LogP) is 6.68. The van der Waals surface area contributed by atoms with Gasteiger partial charge in [-0.05, 0) is 62.0 Å². The number of rotatable bonds is 6. The fourth-order valence-electron chi connectivity index (χ4n) is 5.39. The van der Waals surface area contributed by atoms with Gasteiger partial charge in [-0.2, -0.15) is 4.39 Å². The van der Waals surface area contributed by atoms with Crippen molar-refractivity contribution in [2.75, 3.05) is 6.61 Å². The number of halogens is 2. The van der Waals surface area contributed by atoms with Gasteiger partial charge in [0.2, 0.25) is 5.82 Å². The van der Waals surface area contributed by atoms with Crippen LogP contribution in [0.5, 0.6) is 5.75 Å². The van der Waals surface area contributed by atoms with E-state index in [-0.39, 0.29) is 11.7 Å². The number of hydrogen-bond acceptors (Lipinski definition) is 1. The van der Waals surface area contributed by atoms with E-state index in [9.17, 15) is 8.78 Å². The van der Waals surface area contributed by atoms with Crippen LogP contribution >= 0.6 is 0 Å². The molecule has 0 bridgehead atoms. The highest BCUT2D eigenvalue weighted by Crippen LogP contribution is 2.44. The summed E-state index contributed by atoms with van der Waals surface area (Å²) in [6, 6.07) is 7.95. The van der Waals surface area contributed by atoms with Crippen molar-refractivity contribution in [3.8, 4) is 5.75 Å². The maximum Gasteiger partial charge on any atom is 0.200 e. The summed E-state index contributed by atoms with van der Waals surface area (Å²) in [5.41, 5.74) is 0.559. The molecule has 1 aromatic carbocycles. The van der Waals surface area contributed by atoms with E-state index < -0.39 is 20.4 Å². The van der Waals surface area contributed by atoms with Crippen molar-refractivity contribution in [2.45, 2.75) is 82.8 Å². The first-order valence-electron chi connectivity index (χ1n) is 10.7. The third kappa shape index (κ3) is 4.49. The Morgan fingerprint density at radius 1 is 0.923 bits per heavy atom. The fourth-order valence-corrected chi connectivity index (χ4v) is 8.87. The van der Waals surface area contributed by atoms with Gasteiger partial charge in [-0.15, -0.1) is 0 Å². The van der Waals surface area contributed by atoms with Gasteiger partial charge in [0.25, 0.3) is 0 Å². The maximum atomic E-state index is 14.5. The maximum absolute atomic E-state index is 14.5. The van der Waals surface area contributed by atoms with Crippen LogP contribution in [-0.4, -0.2) is 15.4 Å². The van der Waals surface area contributed by atoms with Crippen LogP contribution in [0, 0.1) is 23.5 Å². The minimum Gasteiger partial charge on any atom is -0.491 e. The molecular formula is C22H34F2OSi. The van der Waals surface area contributed by atoms with E-state index in [0.717, 1.165) is 24.7 Å². The summed E-state index contributed by atoms with van der Waals surface area (Å²) >= 11 is 0. The zero-order valence-corrected chi connectivity index (χ0v) is 17.6. The van der Waals surface area contributed by atoms with Crippen LogP contribution < -0.4 is 4.74 Å². The van der Waals surface area contributed by atoms with E-state index in [4.69, 9.17) is 4.74 Å². The normalized spacial score (nSPS) is 29.5. The SMILES string of the molecule is CCC[SiH]1CCC([C@H]2CC[C@H](c3ccc(OCC)c(F)c3F)CC2)CC1. The molecule has 0 amide bonds. The third-order valence-electron chi connectivity index (χ3n) is 6.84. The van der Waals surface area contributed by atoms with Gasteiger partial charge in [0.1, 0.15) is 0 Å². The highest BCUT2D eigenvalue weighted by Gasteiger charge is 2.32. The largest absolute Gasteiger partial charge is 0.491 e.